The molecule has 3 heteroatoms. The Morgan fingerprint density at radius 1 is 0.415 bits per heavy atom. The van der Waals surface area contributed by atoms with Gasteiger partial charge in [0.25, 0.3) is 0 Å². The summed E-state index contributed by atoms with van der Waals surface area (Å²) >= 11 is 0. The SMILES string of the molecule is C1=CC(c2ccc(N(c3cccc4oc5cc(-c6ccccc6)ccc5c34)c3ccc(-c4ccccc4)c4oc5cc(-c6ccccc6)ccc5c34)cc2)Cc2ccc3ccccc3c21. The van der Waals surface area contributed by atoms with Crippen molar-refractivity contribution in [3.8, 4) is 33.4 Å². The first-order valence-corrected chi connectivity index (χ1v) is 22.4. The molecule has 0 saturated carbocycles. The van der Waals surface area contributed by atoms with Gasteiger partial charge in [0.2, 0.25) is 0 Å². The van der Waals surface area contributed by atoms with Crippen LogP contribution in [0.2, 0.25) is 0 Å². The van der Waals surface area contributed by atoms with Gasteiger partial charge in [-0.1, -0.05) is 170 Å². The molecule has 0 bridgehead atoms. The second-order valence-corrected chi connectivity index (χ2v) is 17.2. The van der Waals surface area contributed by atoms with Crippen molar-refractivity contribution >= 4 is 77.8 Å². The summed E-state index contributed by atoms with van der Waals surface area (Å²) in [7, 11) is 0. The number of hydrogen-bond acceptors (Lipinski definition) is 3. The fourth-order valence-corrected chi connectivity index (χ4v) is 10.2. The molecule has 1 unspecified atom stereocenters. The second-order valence-electron chi connectivity index (χ2n) is 17.2. The molecule has 12 aromatic rings. The highest BCUT2D eigenvalue weighted by atomic mass is 16.3. The summed E-state index contributed by atoms with van der Waals surface area (Å²) in [4.78, 5) is 2.42. The number of allylic oxidation sites excluding steroid dienone is 1. The molecule has 3 nitrogen and oxygen atoms in total. The molecule has 0 amide bonds. The van der Waals surface area contributed by atoms with Crippen molar-refractivity contribution in [2.75, 3.05) is 4.90 Å². The minimum absolute atomic E-state index is 0.264. The van der Waals surface area contributed by atoms with Crippen molar-refractivity contribution in [3.05, 3.63) is 241 Å². The zero-order chi connectivity index (χ0) is 42.8. The molecular formula is C62H41NO2. The molecule has 1 aliphatic rings. The van der Waals surface area contributed by atoms with Crippen LogP contribution in [0.1, 0.15) is 22.6 Å². The monoisotopic (exact) mass is 831 g/mol. The van der Waals surface area contributed by atoms with Crippen LogP contribution < -0.4 is 4.90 Å². The number of benzene rings is 10. The first-order valence-electron chi connectivity index (χ1n) is 22.4. The fourth-order valence-electron chi connectivity index (χ4n) is 10.2. The average molecular weight is 832 g/mol. The number of hydrogen-bond donors (Lipinski definition) is 0. The van der Waals surface area contributed by atoms with Crippen LogP contribution in [0.25, 0.3) is 94.1 Å². The van der Waals surface area contributed by atoms with Gasteiger partial charge in [-0.25, -0.2) is 0 Å². The number of rotatable bonds is 7. The molecule has 10 aromatic carbocycles. The highest BCUT2D eigenvalue weighted by molar-refractivity contribution is 6.20. The van der Waals surface area contributed by atoms with Crippen molar-refractivity contribution in [3.63, 3.8) is 0 Å². The summed E-state index contributed by atoms with van der Waals surface area (Å²) in [5.41, 5.74) is 17.2. The predicted octanol–water partition coefficient (Wildman–Crippen LogP) is 17.5. The van der Waals surface area contributed by atoms with E-state index in [0.29, 0.717) is 0 Å². The highest BCUT2D eigenvalue weighted by Gasteiger charge is 2.26. The second kappa shape index (κ2) is 15.1. The van der Waals surface area contributed by atoms with E-state index in [1.54, 1.807) is 0 Å². The molecule has 0 N–H and O–H groups in total. The predicted molar refractivity (Wildman–Crippen MR) is 271 cm³/mol. The van der Waals surface area contributed by atoms with Crippen molar-refractivity contribution in [1.82, 2.24) is 0 Å². The largest absolute Gasteiger partial charge is 0.456 e. The summed E-state index contributed by atoms with van der Waals surface area (Å²) in [5.74, 6) is 0.264. The van der Waals surface area contributed by atoms with E-state index in [-0.39, 0.29) is 5.92 Å². The van der Waals surface area contributed by atoms with Gasteiger partial charge in [0.05, 0.1) is 22.1 Å². The minimum atomic E-state index is 0.264. The van der Waals surface area contributed by atoms with E-state index >= 15 is 0 Å². The van der Waals surface area contributed by atoms with Gasteiger partial charge in [0.15, 0.2) is 0 Å². The Kier molecular flexibility index (Phi) is 8.67. The van der Waals surface area contributed by atoms with Crippen molar-refractivity contribution < 1.29 is 8.83 Å². The van der Waals surface area contributed by atoms with Crippen LogP contribution in [0.3, 0.4) is 0 Å². The van der Waals surface area contributed by atoms with E-state index in [0.717, 1.165) is 101 Å². The summed E-state index contributed by atoms with van der Waals surface area (Å²) < 4.78 is 13.8. The number of furan rings is 2. The van der Waals surface area contributed by atoms with Gasteiger partial charge in [0, 0.05) is 27.9 Å². The molecule has 0 saturated heterocycles. The third-order valence-electron chi connectivity index (χ3n) is 13.4. The number of fused-ring (bicyclic) bond motifs is 9. The summed E-state index contributed by atoms with van der Waals surface area (Å²) in [6.07, 6.45) is 5.67. The Labute approximate surface area is 376 Å². The Balaban J connectivity index is 1.02. The summed E-state index contributed by atoms with van der Waals surface area (Å²) in [6.45, 7) is 0. The average Bonchev–Trinajstić information content (AvgIpc) is 3.96. The lowest BCUT2D eigenvalue weighted by Crippen LogP contribution is -2.11. The molecular weight excluding hydrogens is 791 g/mol. The van der Waals surface area contributed by atoms with Gasteiger partial charge < -0.3 is 13.7 Å². The van der Waals surface area contributed by atoms with Gasteiger partial charge in [-0.3, -0.25) is 0 Å². The van der Waals surface area contributed by atoms with Gasteiger partial charge in [-0.2, -0.15) is 0 Å². The van der Waals surface area contributed by atoms with E-state index in [1.165, 1.54) is 27.5 Å². The van der Waals surface area contributed by atoms with Crippen LogP contribution in [-0.4, -0.2) is 0 Å². The first-order chi connectivity index (χ1) is 32.2. The van der Waals surface area contributed by atoms with Crippen LogP contribution in [-0.2, 0) is 6.42 Å². The van der Waals surface area contributed by atoms with E-state index < -0.39 is 0 Å². The molecule has 306 valence electrons. The molecule has 1 atom stereocenters. The van der Waals surface area contributed by atoms with Crippen molar-refractivity contribution in [1.29, 1.82) is 0 Å². The highest BCUT2D eigenvalue weighted by Crippen LogP contribution is 2.50. The zero-order valence-corrected chi connectivity index (χ0v) is 35.5. The molecule has 0 aliphatic heterocycles. The van der Waals surface area contributed by atoms with Crippen LogP contribution in [0.4, 0.5) is 17.1 Å². The Bertz CT molecular complexity index is 3790. The summed E-state index contributed by atoms with van der Waals surface area (Å²) in [6, 6.07) is 78.3. The molecule has 0 radical (unpaired) electrons. The first kappa shape index (κ1) is 37.2. The van der Waals surface area contributed by atoms with Gasteiger partial charge in [0.1, 0.15) is 22.3 Å². The van der Waals surface area contributed by atoms with Crippen LogP contribution >= 0.6 is 0 Å². The van der Waals surface area contributed by atoms with Crippen molar-refractivity contribution in [2.24, 2.45) is 0 Å². The van der Waals surface area contributed by atoms with Crippen LogP contribution in [0.5, 0.6) is 0 Å². The molecule has 0 fully saturated rings. The Hall–Kier alpha value is -8.40. The van der Waals surface area contributed by atoms with E-state index in [1.807, 2.05) is 0 Å². The van der Waals surface area contributed by atoms with Crippen LogP contribution in [0, 0.1) is 0 Å². The zero-order valence-electron chi connectivity index (χ0n) is 35.5. The van der Waals surface area contributed by atoms with E-state index in [4.69, 9.17) is 8.83 Å². The third-order valence-corrected chi connectivity index (χ3v) is 13.4. The van der Waals surface area contributed by atoms with Crippen molar-refractivity contribution in [2.45, 2.75) is 12.3 Å². The van der Waals surface area contributed by atoms with Gasteiger partial charge >= 0.3 is 0 Å². The fraction of sp³-hybridized carbons (Fsp3) is 0.0323. The molecule has 2 aromatic heterocycles. The number of nitrogens with zero attached hydrogens (tertiary/aromatic N) is 1. The minimum Gasteiger partial charge on any atom is -0.456 e. The maximum Gasteiger partial charge on any atom is 0.145 e. The quantitative estimate of drug-likeness (QED) is 0.160. The lowest BCUT2D eigenvalue weighted by atomic mass is 9.83. The Morgan fingerprint density at radius 3 is 1.77 bits per heavy atom. The van der Waals surface area contributed by atoms with E-state index in [2.05, 4.69) is 235 Å². The molecule has 13 rings (SSSR count). The Morgan fingerprint density at radius 2 is 1.05 bits per heavy atom. The van der Waals surface area contributed by atoms with Gasteiger partial charge in [-0.05, 0) is 122 Å². The van der Waals surface area contributed by atoms with Gasteiger partial charge in [-0.15, -0.1) is 0 Å². The number of anilines is 3. The summed E-state index contributed by atoms with van der Waals surface area (Å²) in [5, 5.41) is 6.84. The topological polar surface area (TPSA) is 29.5 Å². The lowest BCUT2D eigenvalue weighted by molar-refractivity contribution is 0.669. The molecule has 0 spiro atoms. The lowest BCUT2D eigenvalue weighted by Gasteiger charge is -2.28. The molecule has 65 heavy (non-hydrogen) atoms. The smallest absolute Gasteiger partial charge is 0.145 e. The molecule has 2 heterocycles. The van der Waals surface area contributed by atoms with Crippen LogP contribution in [0.15, 0.2) is 233 Å². The maximum atomic E-state index is 7.06. The molecule has 1 aliphatic carbocycles. The standard InChI is InChI=1S/C62H41NO2/c1-4-13-40(14-5-1)46-28-33-53-58(38-46)64-57-22-12-21-55(60(53)57)63(49-30-25-42(26-31-49)45-27-32-51-48(37-45)24-23-44-19-10-11-20-50(44)51)56-36-35-52(43-17-8-3-9-18-43)62-61(56)54-34-29-47(39-59(54)65-62)41-15-6-2-7-16-41/h1-36,38-39,45H,37H2. The normalized spacial score (nSPS) is 13.6. The third kappa shape index (κ3) is 6.27. The maximum absolute atomic E-state index is 7.06. The van der Waals surface area contributed by atoms with E-state index in [9.17, 15) is 0 Å².